The summed E-state index contributed by atoms with van der Waals surface area (Å²) in [5.74, 6) is -0.403. The summed E-state index contributed by atoms with van der Waals surface area (Å²) in [4.78, 5) is 25.1. The van der Waals surface area contributed by atoms with Gasteiger partial charge < -0.3 is 4.74 Å². The van der Waals surface area contributed by atoms with E-state index in [0.717, 1.165) is 23.7 Å². The number of halogens is 1. The Morgan fingerprint density at radius 3 is 2.74 bits per heavy atom. The molecule has 0 radical (unpaired) electrons. The van der Waals surface area contributed by atoms with Crippen LogP contribution in [0.5, 0.6) is 0 Å². The van der Waals surface area contributed by atoms with Crippen LogP contribution < -0.4 is 5.32 Å². The quantitative estimate of drug-likeness (QED) is 0.423. The number of thiophene rings is 1. The molecule has 1 aromatic carbocycles. The zero-order valence-corrected chi connectivity index (χ0v) is 20.3. The second kappa shape index (κ2) is 9.71. The lowest BCUT2D eigenvalue weighted by Crippen LogP contribution is -2.44. The van der Waals surface area contributed by atoms with Crippen molar-refractivity contribution in [2.45, 2.75) is 32.6 Å². The molecule has 8 nitrogen and oxygen atoms in total. The van der Waals surface area contributed by atoms with Gasteiger partial charge in [0, 0.05) is 25.0 Å². The molecular formula is C23H23FN6O2S2. The number of nitrogens with one attached hydrogen (secondary N) is 1. The number of morpholine rings is 1. The molecule has 1 N–H and O–H groups in total. The van der Waals surface area contributed by atoms with Gasteiger partial charge in [-0.2, -0.15) is 0 Å². The Labute approximate surface area is 204 Å². The Hall–Kier alpha value is -2.99. The van der Waals surface area contributed by atoms with Gasteiger partial charge in [0.1, 0.15) is 5.82 Å². The molecule has 0 spiro atoms. The lowest BCUT2D eigenvalue weighted by molar-refractivity contribution is -0.0707. The van der Waals surface area contributed by atoms with E-state index < -0.39 is 11.7 Å². The zero-order chi connectivity index (χ0) is 23.7. The minimum absolute atomic E-state index is 0.0137. The molecule has 0 aliphatic carbocycles. The van der Waals surface area contributed by atoms with Gasteiger partial charge in [-0.05, 0) is 43.5 Å². The molecule has 4 heterocycles. The van der Waals surface area contributed by atoms with Gasteiger partial charge in [0.05, 0.1) is 28.5 Å². The van der Waals surface area contributed by atoms with Crippen molar-refractivity contribution in [3.05, 3.63) is 64.5 Å². The summed E-state index contributed by atoms with van der Waals surface area (Å²) < 4.78 is 21.1. The average Bonchev–Trinajstić information content (AvgIpc) is 3.54. The van der Waals surface area contributed by atoms with Crippen LogP contribution in [0.2, 0.25) is 0 Å². The van der Waals surface area contributed by atoms with Crippen molar-refractivity contribution in [1.82, 2.24) is 24.6 Å². The van der Waals surface area contributed by atoms with E-state index in [1.54, 1.807) is 12.1 Å². The predicted octanol–water partition coefficient (Wildman–Crippen LogP) is 4.45. The van der Waals surface area contributed by atoms with Crippen LogP contribution in [0.25, 0.3) is 16.4 Å². The Morgan fingerprint density at radius 2 is 2.00 bits per heavy atom. The van der Waals surface area contributed by atoms with Crippen LogP contribution in [0, 0.1) is 5.82 Å². The summed E-state index contributed by atoms with van der Waals surface area (Å²) in [6.07, 6.45) is 0.358. The van der Waals surface area contributed by atoms with Crippen molar-refractivity contribution < 1.29 is 13.9 Å². The van der Waals surface area contributed by atoms with Gasteiger partial charge in [-0.1, -0.05) is 12.1 Å². The molecule has 0 bridgehead atoms. The van der Waals surface area contributed by atoms with Crippen LogP contribution in [0.1, 0.15) is 30.2 Å². The molecule has 176 valence electrons. The summed E-state index contributed by atoms with van der Waals surface area (Å²) in [7, 11) is 0. The van der Waals surface area contributed by atoms with Crippen LogP contribution in [0.15, 0.2) is 47.2 Å². The minimum atomic E-state index is -0.470. The van der Waals surface area contributed by atoms with Crippen molar-refractivity contribution in [3.8, 4) is 16.4 Å². The molecule has 1 aliphatic rings. The maximum absolute atomic E-state index is 13.8. The largest absolute Gasteiger partial charge is 0.373 e. The Bertz CT molecular complexity index is 1280. The highest BCUT2D eigenvalue weighted by molar-refractivity contribution is 7.14. The van der Waals surface area contributed by atoms with E-state index >= 15 is 0 Å². The lowest BCUT2D eigenvalue weighted by Gasteiger charge is -2.34. The van der Waals surface area contributed by atoms with Gasteiger partial charge in [-0.15, -0.1) is 27.8 Å². The highest BCUT2D eigenvalue weighted by Crippen LogP contribution is 2.26. The summed E-state index contributed by atoms with van der Waals surface area (Å²) in [5, 5.41) is 11.5. The van der Waals surface area contributed by atoms with Gasteiger partial charge >= 0.3 is 0 Å². The maximum atomic E-state index is 13.8. The molecule has 1 amide bonds. The summed E-state index contributed by atoms with van der Waals surface area (Å²) in [6.45, 7) is 6.51. The number of nitrogens with zero attached hydrogens (tertiary/aromatic N) is 5. The van der Waals surface area contributed by atoms with Crippen LogP contribution in [-0.4, -0.2) is 55.9 Å². The number of ether oxygens (including phenoxy) is 1. The molecule has 0 saturated carbocycles. The van der Waals surface area contributed by atoms with E-state index in [-0.39, 0.29) is 18.0 Å². The number of benzene rings is 1. The first kappa shape index (κ1) is 22.8. The Kier molecular flexibility index (Phi) is 6.50. The van der Waals surface area contributed by atoms with Gasteiger partial charge in [0.15, 0.2) is 11.0 Å². The molecule has 2 atom stereocenters. The van der Waals surface area contributed by atoms with E-state index in [1.807, 2.05) is 22.9 Å². The molecule has 5 rings (SSSR count). The zero-order valence-electron chi connectivity index (χ0n) is 18.6. The summed E-state index contributed by atoms with van der Waals surface area (Å²) in [6, 6.07) is 9.80. The monoisotopic (exact) mass is 498 g/mol. The molecular weight excluding hydrogens is 475 g/mol. The molecule has 34 heavy (non-hydrogen) atoms. The van der Waals surface area contributed by atoms with Crippen LogP contribution in [0.3, 0.4) is 0 Å². The molecule has 2 unspecified atom stereocenters. The fraction of sp³-hybridized carbons (Fsp3) is 0.304. The third-order valence-corrected chi connectivity index (χ3v) is 6.93. The molecule has 1 fully saturated rings. The number of rotatable bonds is 6. The van der Waals surface area contributed by atoms with E-state index in [1.165, 1.54) is 39.5 Å². The number of hydrogen-bond acceptors (Lipinski definition) is 8. The third kappa shape index (κ3) is 5.07. The molecule has 11 heteroatoms. The standard InChI is InChI=1S/C23H23FN6O2S2/c1-14-10-29(11-15(2)32-14)12-17-13-34-23(25-17)27-22(31)20-26-21(19-7-4-8-33-19)30(28-20)18-6-3-5-16(24)9-18/h3-9,13-15H,10-12H2,1-2H3,(H,25,27,31). The number of amides is 1. The average molecular weight is 499 g/mol. The molecule has 1 aliphatic heterocycles. The van der Waals surface area contributed by atoms with Crippen molar-refractivity contribution >= 4 is 33.7 Å². The number of hydrogen-bond donors (Lipinski definition) is 1. The number of aromatic nitrogens is 4. The number of anilines is 1. The lowest BCUT2D eigenvalue weighted by atomic mass is 10.2. The van der Waals surface area contributed by atoms with Gasteiger partial charge in [0.2, 0.25) is 5.82 Å². The van der Waals surface area contributed by atoms with E-state index in [0.29, 0.717) is 23.2 Å². The fourth-order valence-corrected chi connectivity index (χ4v) is 5.39. The van der Waals surface area contributed by atoms with E-state index in [4.69, 9.17) is 4.74 Å². The minimum Gasteiger partial charge on any atom is -0.373 e. The summed E-state index contributed by atoms with van der Waals surface area (Å²) in [5.41, 5.74) is 1.37. The first-order valence-corrected chi connectivity index (χ1v) is 12.6. The second-order valence-electron chi connectivity index (χ2n) is 8.18. The highest BCUT2D eigenvalue weighted by Gasteiger charge is 2.24. The van der Waals surface area contributed by atoms with Crippen molar-refractivity contribution in [2.75, 3.05) is 18.4 Å². The van der Waals surface area contributed by atoms with Gasteiger partial charge in [-0.3, -0.25) is 15.0 Å². The number of carbonyl (C=O) groups is 1. The Morgan fingerprint density at radius 1 is 1.18 bits per heavy atom. The SMILES string of the molecule is CC1CN(Cc2csc(NC(=O)c3nc(-c4cccs4)n(-c4cccc(F)c4)n3)n2)CC(C)O1. The normalized spacial score (nSPS) is 18.8. The van der Waals surface area contributed by atoms with Crippen LogP contribution in [0.4, 0.5) is 9.52 Å². The Balaban J connectivity index is 1.34. The van der Waals surface area contributed by atoms with Crippen LogP contribution >= 0.6 is 22.7 Å². The molecule has 4 aromatic rings. The topological polar surface area (TPSA) is 85.2 Å². The van der Waals surface area contributed by atoms with E-state index in [2.05, 4.69) is 39.1 Å². The number of thiazole rings is 1. The second-order valence-corrected chi connectivity index (χ2v) is 9.98. The van der Waals surface area contributed by atoms with Crippen molar-refractivity contribution in [1.29, 1.82) is 0 Å². The molecule has 3 aromatic heterocycles. The van der Waals surface area contributed by atoms with Gasteiger partial charge in [-0.25, -0.2) is 19.0 Å². The first-order chi connectivity index (χ1) is 16.4. The number of carbonyl (C=O) groups excluding carboxylic acids is 1. The highest BCUT2D eigenvalue weighted by atomic mass is 32.1. The fourth-order valence-electron chi connectivity index (χ4n) is 3.99. The van der Waals surface area contributed by atoms with Gasteiger partial charge in [0.25, 0.3) is 5.91 Å². The predicted molar refractivity (Wildman–Crippen MR) is 130 cm³/mol. The van der Waals surface area contributed by atoms with Crippen molar-refractivity contribution in [2.24, 2.45) is 0 Å². The van der Waals surface area contributed by atoms with Crippen LogP contribution in [-0.2, 0) is 11.3 Å². The van der Waals surface area contributed by atoms with E-state index in [9.17, 15) is 9.18 Å². The first-order valence-electron chi connectivity index (χ1n) is 10.8. The smallest absolute Gasteiger partial charge is 0.297 e. The third-order valence-electron chi connectivity index (χ3n) is 5.26. The molecule has 1 saturated heterocycles. The van der Waals surface area contributed by atoms with Crippen molar-refractivity contribution in [3.63, 3.8) is 0 Å². The summed E-state index contributed by atoms with van der Waals surface area (Å²) >= 11 is 2.82. The maximum Gasteiger partial charge on any atom is 0.297 e.